The van der Waals surface area contributed by atoms with Crippen LogP contribution in [0.3, 0.4) is 0 Å². The lowest BCUT2D eigenvalue weighted by molar-refractivity contribution is -0.141. The Balaban J connectivity index is 2.27. The molecule has 22 heavy (non-hydrogen) atoms. The zero-order valence-electron chi connectivity index (χ0n) is 12.0. The molecule has 4 N–H and O–H groups in total. The van der Waals surface area contributed by atoms with Crippen molar-refractivity contribution in [2.24, 2.45) is 0 Å². The van der Waals surface area contributed by atoms with E-state index in [1.165, 1.54) is 6.26 Å². The molecule has 1 aromatic heterocycles. The Hall–Kier alpha value is -2.77. The first-order valence-corrected chi connectivity index (χ1v) is 6.70. The monoisotopic (exact) mass is 309 g/mol. The maximum atomic E-state index is 11.6. The molecule has 1 atom stereocenters. The summed E-state index contributed by atoms with van der Waals surface area (Å²) in [5.74, 6) is -1.13. The van der Waals surface area contributed by atoms with Crippen LogP contribution in [0, 0.1) is 0 Å². The van der Waals surface area contributed by atoms with E-state index in [4.69, 9.17) is 9.52 Å². The molecule has 8 nitrogen and oxygen atoms in total. The first-order chi connectivity index (χ1) is 10.5. The Morgan fingerprint density at radius 1 is 1.36 bits per heavy atom. The Kier molecular flexibility index (Phi) is 7.24. The van der Waals surface area contributed by atoms with E-state index in [-0.39, 0.29) is 19.5 Å². The van der Waals surface area contributed by atoms with Crippen LogP contribution in [0.2, 0.25) is 0 Å². The molecule has 3 amide bonds. The summed E-state index contributed by atoms with van der Waals surface area (Å²) in [6.45, 7) is 3.37. The highest BCUT2D eigenvalue weighted by Crippen LogP contribution is 1.99. The van der Waals surface area contributed by atoms with E-state index in [0.29, 0.717) is 12.2 Å². The summed E-state index contributed by atoms with van der Waals surface area (Å²) in [5.41, 5.74) is 0. The molecule has 0 bridgehead atoms. The van der Waals surface area contributed by atoms with Gasteiger partial charge in [0.05, 0.1) is 19.4 Å². The SMILES string of the molecule is C=CCCC(NC(=O)CNC(=O)NCc1ccco1)C(=O)O. The van der Waals surface area contributed by atoms with Crippen LogP contribution in [-0.2, 0) is 16.1 Å². The van der Waals surface area contributed by atoms with E-state index in [1.54, 1.807) is 18.2 Å². The van der Waals surface area contributed by atoms with Gasteiger partial charge in [0.25, 0.3) is 0 Å². The Labute approximate surface area is 127 Å². The predicted octanol–water partition coefficient (Wildman–Crippen LogP) is 0.614. The zero-order valence-corrected chi connectivity index (χ0v) is 12.0. The molecule has 0 saturated heterocycles. The summed E-state index contributed by atoms with van der Waals surface area (Å²) in [6, 6.07) is 1.84. The van der Waals surface area contributed by atoms with Gasteiger partial charge in [-0.1, -0.05) is 6.08 Å². The molecule has 0 aliphatic rings. The van der Waals surface area contributed by atoms with Gasteiger partial charge >= 0.3 is 12.0 Å². The van der Waals surface area contributed by atoms with Crippen molar-refractivity contribution in [2.45, 2.75) is 25.4 Å². The molecule has 0 aliphatic heterocycles. The van der Waals surface area contributed by atoms with Crippen LogP contribution in [0.15, 0.2) is 35.5 Å². The number of rotatable bonds is 9. The molecular weight excluding hydrogens is 290 g/mol. The molecule has 1 unspecified atom stereocenters. The van der Waals surface area contributed by atoms with Gasteiger partial charge in [0.15, 0.2) is 0 Å². The van der Waals surface area contributed by atoms with Crippen molar-refractivity contribution in [1.29, 1.82) is 0 Å². The van der Waals surface area contributed by atoms with Crippen molar-refractivity contribution < 1.29 is 23.9 Å². The van der Waals surface area contributed by atoms with Gasteiger partial charge in [0.2, 0.25) is 5.91 Å². The van der Waals surface area contributed by atoms with Crippen molar-refractivity contribution in [3.8, 4) is 0 Å². The molecular formula is C14H19N3O5. The Morgan fingerprint density at radius 3 is 2.73 bits per heavy atom. The normalized spacial score (nSPS) is 11.3. The van der Waals surface area contributed by atoms with Crippen LogP contribution in [0.4, 0.5) is 4.79 Å². The zero-order chi connectivity index (χ0) is 16.4. The average Bonchev–Trinajstić information content (AvgIpc) is 3.00. The molecule has 0 fully saturated rings. The molecule has 0 saturated carbocycles. The van der Waals surface area contributed by atoms with Gasteiger partial charge in [-0.2, -0.15) is 0 Å². The number of carboxylic acids is 1. The number of carboxylic acid groups (broad SMARTS) is 1. The molecule has 1 rings (SSSR count). The molecule has 0 radical (unpaired) electrons. The largest absolute Gasteiger partial charge is 0.480 e. The second-order valence-corrected chi connectivity index (χ2v) is 4.44. The second kappa shape index (κ2) is 9.22. The fourth-order valence-corrected chi connectivity index (χ4v) is 1.59. The standard InChI is InChI=1S/C14H19N3O5/c1-2-3-6-11(13(19)20)17-12(18)9-16-14(21)15-8-10-5-4-7-22-10/h2,4-5,7,11H,1,3,6,8-9H2,(H,17,18)(H,19,20)(H2,15,16,21). The molecule has 0 aromatic carbocycles. The fourth-order valence-electron chi connectivity index (χ4n) is 1.59. The minimum absolute atomic E-state index is 0.192. The fraction of sp³-hybridized carbons (Fsp3) is 0.357. The van der Waals surface area contributed by atoms with Crippen LogP contribution < -0.4 is 16.0 Å². The smallest absolute Gasteiger partial charge is 0.326 e. The summed E-state index contributed by atoms with van der Waals surface area (Å²) in [7, 11) is 0. The summed E-state index contributed by atoms with van der Waals surface area (Å²) in [6.07, 6.45) is 3.77. The van der Waals surface area contributed by atoms with Crippen molar-refractivity contribution in [3.05, 3.63) is 36.8 Å². The third kappa shape index (κ3) is 6.60. The van der Waals surface area contributed by atoms with Gasteiger partial charge in [-0.25, -0.2) is 9.59 Å². The number of urea groups is 1. The summed E-state index contributed by atoms with van der Waals surface area (Å²) in [4.78, 5) is 34.0. The lowest BCUT2D eigenvalue weighted by atomic mass is 10.1. The lowest BCUT2D eigenvalue weighted by Gasteiger charge is -2.14. The maximum Gasteiger partial charge on any atom is 0.326 e. The van der Waals surface area contributed by atoms with Crippen LogP contribution in [0.1, 0.15) is 18.6 Å². The maximum absolute atomic E-state index is 11.6. The van der Waals surface area contributed by atoms with Crippen LogP contribution in [-0.4, -0.2) is 35.6 Å². The van der Waals surface area contributed by atoms with E-state index >= 15 is 0 Å². The van der Waals surface area contributed by atoms with Gasteiger partial charge in [-0.3, -0.25) is 4.79 Å². The number of aliphatic carboxylic acids is 1. The van der Waals surface area contributed by atoms with Gasteiger partial charge in [-0.15, -0.1) is 6.58 Å². The molecule has 0 aliphatic carbocycles. The van der Waals surface area contributed by atoms with Crippen LogP contribution in [0.25, 0.3) is 0 Å². The first-order valence-electron chi connectivity index (χ1n) is 6.70. The number of carbonyl (C=O) groups excluding carboxylic acids is 2. The van der Waals surface area contributed by atoms with E-state index in [9.17, 15) is 14.4 Å². The van der Waals surface area contributed by atoms with E-state index < -0.39 is 23.9 Å². The predicted molar refractivity (Wildman–Crippen MR) is 77.9 cm³/mol. The number of allylic oxidation sites excluding steroid dienone is 1. The summed E-state index contributed by atoms with van der Waals surface area (Å²) in [5, 5.41) is 16.1. The molecule has 1 heterocycles. The van der Waals surface area contributed by atoms with Gasteiger partial charge < -0.3 is 25.5 Å². The number of amides is 3. The number of furan rings is 1. The van der Waals surface area contributed by atoms with Gasteiger partial charge in [0, 0.05) is 0 Å². The third-order valence-electron chi connectivity index (χ3n) is 2.71. The van der Waals surface area contributed by atoms with Crippen LogP contribution >= 0.6 is 0 Å². The van der Waals surface area contributed by atoms with Gasteiger partial charge in [-0.05, 0) is 25.0 Å². The minimum atomic E-state index is -1.13. The quantitative estimate of drug-likeness (QED) is 0.498. The van der Waals surface area contributed by atoms with Gasteiger partial charge in [0.1, 0.15) is 11.8 Å². The average molecular weight is 309 g/mol. The van der Waals surface area contributed by atoms with Crippen molar-refractivity contribution >= 4 is 17.9 Å². The molecule has 0 spiro atoms. The number of carbonyl (C=O) groups is 3. The topological polar surface area (TPSA) is 121 Å². The van der Waals surface area contributed by atoms with E-state index in [2.05, 4.69) is 22.5 Å². The Morgan fingerprint density at radius 2 is 2.14 bits per heavy atom. The van der Waals surface area contributed by atoms with Crippen molar-refractivity contribution in [1.82, 2.24) is 16.0 Å². The number of hydrogen-bond acceptors (Lipinski definition) is 4. The second-order valence-electron chi connectivity index (χ2n) is 4.44. The Bertz CT molecular complexity index is 513. The highest BCUT2D eigenvalue weighted by molar-refractivity contribution is 5.87. The highest BCUT2D eigenvalue weighted by atomic mass is 16.4. The van der Waals surface area contributed by atoms with E-state index in [1.807, 2.05) is 0 Å². The summed E-state index contributed by atoms with van der Waals surface area (Å²) >= 11 is 0. The molecule has 8 heteroatoms. The van der Waals surface area contributed by atoms with Crippen molar-refractivity contribution in [3.63, 3.8) is 0 Å². The summed E-state index contributed by atoms with van der Waals surface area (Å²) < 4.78 is 5.03. The third-order valence-corrected chi connectivity index (χ3v) is 2.71. The van der Waals surface area contributed by atoms with E-state index in [0.717, 1.165) is 0 Å². The van der Waals surface area contributed by atoms with Crippen LogP contribution in [0.5, 0.6) is 0 Å². The first kappa shape index (κ1) is 17.3. The molecule has 1 aromatic rings. The van der Waals surface area contributed by atoms with Crippen molar-refractivity contribution in [2.75, 3.05) is 6.54 Å². The lowest BCUT2D eigenvalue weighted by Crippen LogP contribution is -2.47. The highest BCUT2D eigenvalue weighted by Gasteiger charge is 2.19. The molecule has 120 valence electrons. The number of nitrogens with one attached hydrogen (secondary N) is 3. The minimum Gasteiger partial charge on any atom is -0.480 e. The number of hydrogen-bond donors (Lipinski definition) is 4.